The van der Waals surface area contributed by atoms with Gasteiger partial charge in [0.15, 0.2) is 0 Å². The van der Waals surface area contributed by atoms with E-state index in [1.807, 2.05) is 31.2 Å². The summed E-state index contributed by atoms with van der Waals surface area (Å²) < 4.78 is 80.6. The van der Waals surface area contributed by atoms with E-state index in [-0.39, 0.29) is 35.9 Å². The minimum Gasteiger partial charge on any atom is -0.343 e. The monoisotopic (exact) mass is 625 g/mol. The number of hydrogen-bond donors (Lipinski definition) is 0. The van der Waals surface area contributed by atoms with Crippen LogP contribution < -0.4 is 0 Å². The second-order valence-corrected chi connectivity index (χ2v) is 11.7. The number of halogens is 6. The van der Waals surface area contributed by atoms with E-state index in [2.05, 4.69) is 0 Å². The molecule has 2 aliphatic heterocycles. The average molecular weight is 626 g/mol. The summed E-state index contributed by atoms with van der Waals surface area (Å²) >= 11 is 0. The number of likely N-dealkylation sites (tertiary alicyclic amines) is 2. The Balaban J connectivity index is 1.58. The largest absolute Gasteiger partial charge is 0.416 e. The van der Waals surface area contributed by atoms with Crippen molar-refractivity contribution in [3.63, 3.8) is 0 Å². The fourth-order valence-corrected chi connectivity index (χ4v) is 6.43. The van der Waals surface area contributed by atoms with Crippen LogP contribution in [0.5, 0.6) is 0 Å². The molecule has 0 bridgehead atoms. The van der Waals surface area contributed by atoms with Crippen LogP contribution in [-0.4, -0.2) is 65.6 Å². The van der Waals surface area contributed by atoms with Crippen molar-refractivity contribution in [1.82, 2.24) is 14.7 Å². The lowest BCUT2D eigenvalue weighted by Crippen LogP contribution is -2.50. The zero-order chi connectivity index (χ0) is 32.4. The highest BCUT2D eigenvalue weighted by molar-refractivity contribution is 5.82. The number of hydrogen-bond acceptors (Lipinski definition) is 3. The van der Waals surface area contributed by atoms with Crippen molar-refractivity contribution in [2.45, 2.75) is 64.3 Å². The third kappa shape index (κ3) is 7.55. The number of rotatable bonds is 6. The first-order valence-corrected chi connectivity index (χ1v) is 14.8. The van der Waals surface area contributed by atoms with Crippen LogP contribution in [-0.2, 0) is 39.7 Å². The Morgan fingerprint density at radius 2 is 1.43 bits per heavy atom. The first kappa shape index (κ1) is 33.3. The van der Waals surface area contributed by atoms with Crippen molar-refractivity contribution in [3.05, 3.63) is 70.3 Å². The summed E-state index contributed by atoms with van der Waals surface area (Å²) in [5, 5.41) is 0. The molecule has 6 nitrogen and oxygen atoms in total. The molecule has 44 heavy (non-hydrogen) atoms. The normalized spacial score (nSPS) is 20.0. The number of carbonyl (C=O) groups is 3. The predicted molar refractivity (Wildman–Crippen MR) is 151 cm³/mol. The van der Waals surface area contributed by atoms with Gasteiger partial charge in [0.1, 0.15) is 0 Å². The van der Waals surface area contributed by atoms with Gasteiger partial charge < -0.3 is 14.7 Å². The number of piperidine rings is 2. The Morgan fingerprint density at radius 3 is 1.98 bits per heavy atom. The first-order chi connectivity index (χ1) is 20.6. The quantitative estimate of drug-likeness (QED) is 0.363. The zero-order valence-corrected chi connectivity index (χ0v) is 25.0. The second-order valence-electron chi connectivity index (χ2n) is 11.7. The van der Waals surface area contributed by atoms with Crippen LogP contribution in [0.3, 0.4) is 0 Å². The maximum Gasteiger partial charge on any atom is 0.416 e. The average Bonchev–Trinajstić information content (AvgIpc) is 2.99. The maximum atomic E-state index is 13.9. The Kier molecular flexibility index (Phi) is 9.99. The van der Waals surface area contributed by atoms with Crippen molar-refractivity contribution < 1.29 is 40.7 Å². The van der Waals surface area contributed by atoms with E-state index < -0.39 is 47.8 Å². The smallest absolute Gasteiger partial charge is 0.343 e. The molecule has 0 spiro atoms. The summed E-state index contributed by atoms with van der Waals surface area (Å²) in [6, 6.07) is 8.93. The molecule has 2 heterocycles. The van der Waals surface area contributed by atoms with Crippen LogP contribution in [0.2, 0.25) is 0 Å². The van der Waals surface area contributed by atoms with Crippen molar-refractivity contribution in [2.75, 3.05) is 33.2 Å². The summed E-state index contributed by atoms with van der Waals surface area (Å²) in [6.07, 6.45) is -7.92. The highest BCUT2D eigenvalue weighted by Gasteiger charge is 2.41. The topological polar surface area (TPSA) is 60.9 Å². The molecular weight excluding hydrogens is 588 g/mol. The molecule has 2 aromatic rings. The van der Waals surface area contributed by atoms with E-state index in [1.54, 1.807) is 9.80 Å². The number of benzene rings is 2. The molecule has 12 heteroatoms. The number of amides is 3. The van der Waals surface area contributed by atoms with Crippen LogP contribution in [0.4, 0.5) is 26.3 Å². The number of nitrogens with zero attached hydrogens (tertiary/aromatic N) is 3. The van der Waals surface area contributed by atoms with Gasteiger partial charge in [0.05, 0.1) is 11.1 Å². The molecule has 4 rings (SSSR count). The fourth-order valence-electron chi connectivity index (χ4n) is 6.43. The molecule has 2 saturated heterocycles. The predicted octanol–water partition coefficient (Wildman–Crippen LogP) is 6.14. The van der Waals surface area contributed by atoms with E-state index >= 15 is 0 Å². The lowest BCUT2D eigenvalue weighted by Gasteiger charge is -2.42. The van der Waals surface area contributed by atoms with Gasteiger partial charge in [-0.15, -0.1) is 0 Å². The minimum atomic E-state index is -4.99. The van der Waals surface area contributed by atoms with Gasteiger partial charge in [-0.1, -0.05) is 31.2 Å². The van der Waals surface area contributed by atoms with Crippen LogP contribution in [0, 0.1) is 11.8 Å². The van der Waals surface area contributed by atoms with Gasteiger partial charge in [-0.3, -0.25) is 14.4 Å². The summed E-state index contributed by atoms with van der Waals surface area (Å²) in [4.78, 5) is 43.8. The van der Waals surface area contributed by atoms with E-state index in [9.17, 15) is 40.7 Å². The van der Waals surface area contributed by atoms with Gasteiger partial charge in [0, 0.05) is 64.4 Å². The van der Waals surface area contributed by atoms with Crippen molar-refractivity contribution in [1.29, 1.82) is 0 Å². The van der Waals surface area contributed by atoms with E-state index in [0.717, 1.165) is 11.1 Å². The van der Waals surface area contributed by atoms with Crippen molar-refractivity contribution in [3.8, 4) is 0 Å². The summed E-state index contributed by atoms with van der Waals surface area (Å²) in [5.74, 6) is -1.77. The molecule has 240 valence electrons. The van der Waals surface area contributed by atoms with Crippen LogP contribution >= 0.6 is 0 Å². The molecular formula is C32H37F6N3O3. The Bertz CT molecular complexity index is 1340. The standard InChI is InChI=1S/C32H37F6N3O3/c1-4-22-7-5-6-8-26(22)28-19-41(29(43)23-9-12-40(13-10-23)20(2)42)14-11-27(28)30(44)39(3)18-21-15-24(31(33,34)35)17-25(16-21)32(36,37)38/h5-8,15-17,23,27-28H,4,9-14,18-19H2,1-3H3/t27-,28+/m1/s1. The summed E-state index contributed by atoms with van der Waals surface area (Å²) in [5.41, 5.74) is -1.26. The number of alkyl halides is 6. The molecule has 0 aliphatic carbocycles. The Labute approximate surface area is 253 Å². The number of aryl methyl sites for hydroxylation is 1. The van der Waals surface area contributed by atoms with Gasteiger partial charge >= 0.3 is 12.4 Å². The molecule has 0 unspecified atom stereocenters. The summed E-state index contributed by atoms with van der Waals surface area (Å²) in [7, 11) is 1.37. The molecule has 3 amide bonds. The van der Waals surface area contributed by atoms with E-state index in [4.69, 9.17) is 0 Å². The maximum absolute atomic E-state index is 13.9. The van der Waals surface area contributed by atoms with Gasteiger partial charge in [-0.2, -0.15) is 26.3 Å². The number of carbonyl (C=O) groups excluding carboxylic acids is 3. The molecule has 0 radical (unpaired) electrons. The van der Waals surface area contributed by atoms with Gasteiger partial charge in [-0.05, 0) is 60.6 Å². The van der Waals surface area contributed by atoms with Gasteiger partial charge in [0.2, 0.25) is 17.7 Å². The molecule has 0 aromatic heterocycles. The first-order valence-electron chi connectivity index (χ1n) is 14.8. The van der Waals surface area contributed by atoms with Crippen molar-refractivity contribution >= 4 is 17.7 Å². The molecule has 2 aliphatic rings. The minimum absolute atomic E-state index is 0.0321. The van der Waals surface area contributed by atoms with E-state index in [1.165, 1.54) is 18.9 Å². The molecule has 2 aromatic carbocycles. The van der Waals surface area contributed by atoms with Crippen LogP contribution in [0.1, 0.15) is 66.8 Å². The lowest BCUT2D eigenvalue weighted by molar-refractivity contribution is -0.145. The van der Waals surface area contributed by atoms with Gasteiger partial charge in [0.25, 0.3) is 0 Å². The van der Waals surface area contributed by atoms with Crippen molar-refractivity contribution in [2.24, 2.45) is 11.8 Å². The zero-order valence-electron chi connectivity index (χ0n) is 25.0. The highest BCUT2D eigenvalue weighted by atomic mass is 19.4. The molecule has 0 N–H and O–H groups in total. The third-order valence-electron chi connectivity index (χ3n) is 8.81. The Hall–Kier alpha value is -3.57. The Morgan fingerprint density at radius 1 is 0.864 bits per heavy atom. The second kappa shape index (κ2) is 13.2. The van der Waals surface area contributed by atoms with Crippen LogP contribution in [0.15, 0.2) is 42.5 Å². The highest BCUT2D eigenvalue weighted by Crippen LogP contribution is 2.39. The molecule has 2 atom stereocenters. The lowest BCUT2D eigenvalue weighted by atomic mass is 9.77. The van der Waals surface area contributed by atoms with E-state index in [0.29, 0.717) is 57.5 Å². The fraction of sp³-hybridized carbons (Fsp3) is 0.531. The third-order valence-corrected chi connectivity index (χ3v) is 8.81. The molecule has 0 saturated carbocycles. The SMILES string of the molecule is CCc1ccccc1[C@@H]1CN(C(=O)C2CCN(C(C)=O)CC2)CC[C@H]1C(=O)N(C)Cc1cc(C(F)(F)F)cc(C(F)(F)F)c1. The van der Waals surface area contributed by atoms with Crippen LogP contribution in [0.25, 0.3) is 0 Å². The van der Waals surface area contributed by atoms with Gasteiger partial charge in [-0.25, -0.2) is 0 Å². The molecule has 2 fully saturated rings. The summed E-state index contributed by atoms with van der Waals surface area (Å²) in [6.45, 7) is 4.58.